The van der Waals surface area contributed by atoms with Gasteiger partial charge in [-0.25, -0.2) is 0 Å². The molecule has 0 bridgehead atoms. The Morgan fingerprint density at radius 2 is 2.00 bits per heavy atom. The van der Waals surface area contributed by atoms with Crippen LogP contribution in [0.4, 0.5) is 0 Å². The third kappa shape index (κ3) is 3.09. The number of hydrogen-bond acceptors (Lipinski definition) is 3. The molecule has 0 aliphatic carbocycles. The third-order valence-electron chi connectivity index (χ3n) is 3.94. The number of hydrogen-bond donors (Lipinski definition) is 2. The predicted molar refractivity (Wildman–Crippen MR) is 82.3 cm³/mol. The second kappa shape index (κ2) is 5.87. The van der Waals surface area contributed by atoms with Crippen LogP contribution in [0.1, 0.15) is 17.4 Å². The molecule has 1 atom stereocenters. The van der Waals surface area contributed by atoms with E-state index in [1.165, 1.54) is 0 Å². The number of carbonyl (C=O) groups excluding carboxylic acids is 1. The van der Waals surface area contributed by atoms with Crippen molar-refractivity contribution in [1.29, 1.82) is 0 Å². The van der Waals surface area contributed by atoms with E-state index in [4.69, 9.17) is 0 Å². The summed E-state index contributed by atoms with van der Waals surface area (Å²) in [5.41, 5.74) is 1.65. The smallest absolute Gasteiger partial charge is 0.270 e. The molecule has 1 saturated heterocycles. The van der Waals surface area contributed by atoms with E-state index in [1.807, 2.05) is 35.2 Å². The van der Waals surface area contributed by atoms with Gasteiger partial charge in [-0.05, 0) is 19.1 Å². The molecule has 2 N–H and O–H groups in total. The number of nitrogens with zero attached hydrogens (tertiary/aromatic N) is 2. The Morgan fingerprint density at radius 3 is 2.67 bits per heavy atom. The van der Waals surface area contributed by atoms with Gasteiger partial charge in [-0.15, -0.1) is 0 Å². The SMILES string of the molecule is C[C@@H](O)CN1CCN(C(=O)c2cc3ccccc3[nH]2)CC1. The van der Waals surface area contributed by atoms with E-state index >= 15 is 0 Å². The number of amides is 1. The van der Waals surface area contributed by atoms with E-state index in [9.17, 15) is 9.90 Å². The van der Waals surface area contributed by atoms with Crippen molar-refractivity contribution in [3.8, 4) is 0 Å². The lowest BCUT2D eigenvalue weighted by Crippen LogP contribution is -2.50. The van der Waals surface area contributed by atoms with Gasteiger partial charge in [0.25, 0.3) is 5.91 Å². The lowest BCUT2D eigenvalue weighted by atomic mass is 10.2. The Bertz CT molecular complexity index is 594. The van der Waals surface area contributed by atoms with Crippen molar-refractivity contribution < 1.29 is 9.90 Å². The zero-order chi connectivity index (χ0) is 14.8. The van der Waals surface area contributed by atoms with E-state index in [-0.39, 0.29) is 12.0 Å². The first kappa shape index (κ1) is 14.1. The van der Waals surface area contributed by atoms with Crippen LogP contribution in [-0.2, 0) is 0 Å². The summed E-state index contributed by atoms with van der Waals surface area (Å²) in [5, 5.41) is 10.5. The molecule has 2 heterocycles. The fourth-order valence-corrected chi connectivity index (χ4v) is 2.87. The van der Waals surface area contributed by atoms with Crippen molar-refractivity contribution in [1.82, 2.24) is 14.8 Å². The molecule has 2 aromatic rings. The second-order valence-electron chi connectivity index (χ2n) is 5.71. The van der Waals surface area contributed by atoms with Crippen LogP contribution in [0, 0.1) is 0 Å². The van der Waals surface area contributed by atoms with Crippen molar-refractivity contribution in [2.24, 2.45) is 0 Å². The Balaban J connectivity index is 1.66. The minimum atomic E-state index is -0.319. The van der Waals surface area contributed by atoms with E-state index in [0.717, 1.165) is 24.0 Å². The average molecular weight is 287 g/mol. The standard InChI is InChI=1S/C16H21N3O2/c1-12(20)11-18-6-8-19(9-7-18)16(21)15-10-13-4-2-3-5-14(13)17-15/h2-5,10,12,17,20H,6-9,11H2,1H3/t12-/m1/s1. The summed E-state index contributed by atoms with van der Waals surface area (Å²) in [6, 6.07) is 9.83. The lowest BCUT2D eigenvalue weighted by Gasteiger charge is -2.35. The summed E-state index contributed by atoms with van der Waals surface area (Å²) in [5.74, 6) is 0.0582. The number of aromatic amines is 1. The Hall–Kier alpha value is -1.85. The first-order valence-electron chi connectivity index (χ1n) is 7.41. The summed E-state index contributed by atoms with van der Waals surface area (Å²) >= 11 is 0. The van der Waals surface area contributed by atoms with Crippen LogP contribution >= 0.6 is 0 Å². The largest absolute Gasteiger partial charge is 0.392 e. The lowest BCUT2D eigenvalue weighted by molar-refractivity contribution is 0.0550. The number of aliphatic hydroxyl groups is 1. The maximum absolute atomic E-state index is 12.5. The monoisotopic (exact) mass is 287 g/mol. The molecule has 1 amide bonds. The van der Waals surface area contributed by atoms with Gasteiger partial charge >= 0.3 is 0 Å². The molecule has 0 radical (unpaired) electrons. The number of β-amino-alcohol motifs (C(OH)–C–C–N with tert-alkyl or cyclic N) is 1. The predicted octanol–water partition coefficient (Wildman–Crippen LogP) is 1.31. The first-order chi connectivity index (χ1) is 10.1. The van der Waals surface area contributed by atoms with Gasteiger partial charge in [-0.2, -0.15) is 0 Å². The molecule has 0 spiro atoms. The molecule has 5 heteroatoms. The van der Waals surface area contributed by atoms with Crippen molar-refractivity contribution in [3.05, 3.63) is 36.0 Å². The maximum Gasteiger partial charge on any atom is 0.270 e. The highest BCUT2D eigenvalue weighted by Crippen LogP contribution is 2.16. The average Bonchev–Trinajstić information content (AvgIpc) is 2.90. The van der Waals surface area contributed by atoms with E-state index in [0.29, 0.717) is 25.3 Å². The minimum absolute atomic E-state index is 0.0582. The van der Waals surface area contributed by atoms with Gasteiger partial charge in [0, 0.05) is 43.6 Å². The summed E-state index contributed by atoms with van der Waals surface area (Å²) in [7, 11) is 0. The molecule has 3 rings (SSSR count). The molecule has 112 valence electrons. The third-order valence-corrected chi connectivity index (χ3v) is 3.94. The molecular weight excluding hydrogens is 266 g/mol. The van der Waals surface area contributed by atoms with Gasteiger partial charge in [-0.1, -0.05) is 18.2 Å². The van der Waals surface area contributed by atoms with Crippen LogP contribution in [-0.4, -0.2) is 64.6 Å². The van der Waals surface area contributed by atoms with Crippen LogP contribution in [0.2, 0.25) is 0 Å². The number of H-pyrrole nitrogens is 1. The number of para-hydroxylation sites is 1. The molecule has 1 aliphatic heterocycles. The van der Waals surface area contributed by atoms with E-state index in [1.54, 1.807) is 6.92 Å². The van der Waals surface area contributed by atoms with Crippen LogP contribution < -0.4 is 0 Å². The van der Waals surface area contributed by atoms with Gasteiger partial charge in [-0.3, -0.25) is 9.69 Å². The zero-order valence-electron chi connectivity index (χ0n) is 12.2. The highest BCUT2D eigenvalue weighted by Gasteiger charge is 2.23. The fourth-order valence-electron chi connectivity index (χ4n) is 2.87. The first-order valence-corrected chi connectivity index (χ1v) is 7.41. The molecule has 1 aliphatic rings. The number of aromatic nitrogens is 1. The van der Waals surface area contributed by atoms with Gasteiger partial charge < -0.3 is 15.0 Å². The minimum Gasteiger partial charge on any atom is -0.392 e. The van der Waals surface area contributed by atoms with Crippen LogP contribution in [0.25, 0.3) is 10.9 Å². The number of carbonyl (C=O) groups is 1. The van der Waals surface area contributed by atoms with Crippen LogP contribution in [0.3, 0.4) is 0 Å². The highest BCUT2D eigenvalue weighted by atomic mass is 16.3. The summed E-state index contributed by atoms with van der Waals surface area (Å²) in [4.78, 5) is 19.8. The Morgan fingerprint density at radius 1 is 1.29 bits per heavy atom. The molecule has 5 nitrogen and oxygen atoms in total. The summed E-state index contributed by atoms with van der Waals surface area (Å²) in [6.07, 6.45) is -0.319. The number of fused-ring (bicyclic) bond motifs is 1. The number of piperazine rings is 1. The fraction of sp³-hybridized carbons (Fsp3) is 0.438. The maximum atomic E-state index is 12.5. The quantitative estimate of drug-likeness (QED) is 0.895. The number of benzene rings is 1. The number of rotatable bonds is 3. The Kier molecular flexibility index (Phi) is 3.94. The number of aliphatic hydroxyl groups excluding tert-OH is 1. The van der Waals surface area contributed by atoms with Gasteiger partial charge in [0.15, 0.2) is 0 Å². The summed E-state index contributed by atoms with van der Waals surface area (Å²) < 4.78 is 0. The molecule has 21 heavy (non-hydrogen) atoms. The van der Waals surface area contributed by atoms with Crippen molar-refractivity contribution in [2.75, 3.05) is 32.7 Å². The van der Waals surface area contributed by atoms with E-state index in [2.05, 4.69) is 9.88 Å². The van der Waals surface area contributed by atoms with Crippen LogP contribution in [0.5, 0.6) is 0 Å². The van der Waals surface area contributed by atoms with E-state index < -0.39 is 0 Å². The topological polar surface area (TPSA) is 59.6 Å². The molecule has 1 aromatic heterocycles. The molecule has 1 aromatic carbocycles. The molecule has 0 saturated carbocycles. The van der Waals surface area contributed by atoms with Crippen LogP contribution in [0.15, 0.2) is 30.3 Å². The van der Waals surface area contributed by atoms with Gasteiger partial charge in [0.1, 0.15) is 5.69 Å². The highest BCUT2D eigenvalue weighted by molar-refractivity contribution is 5.98. The van der Waals surface area contributed by atoms with Crippen molar-refractivity contribution in [2.45, 2.75) is 13.0 Å². The zero-order valence-corrected chi connectivity index (χ0v) is 12.2. The second-order valence-corrected chi connectivity index (χ2v) is 5.71. The normalized spacial score (nSPS) is 18.1. The summed E-state index contributed by atoms with van der Waals surface area (Å²) in [6.45, 7) is 5.52. The van der Waals surface area contributed by atoms with Crippen molar-refractivity contribution >= 4 is 16.8 Å². The molecule has 1 fully saturated rings. The van der Waals surface area contributed by atoms with Crippen molar-refractivity contribution in [3.63, 3.8) is 0 Å². The van der Waals surface area contributed by atoms with Gasteiger partial charge in [0.2, 0.25) is 0 Å². The number of nitrogens with one attached hydrogen (secondary N) is 1. The molecular formula is C16H21N3O2. The Labute approximate surface area is 124 Å². The van der Waals surface area contributed by atoms with Gasteiger partial charge in [0.05, 0.1) is 6.10 Å². The molecule has 0 unspecified atom stereocenters.